The molecule has 0 atom stereocenters. The van der Waals surface area contributed by atoms with E-state index in [1.54, 1.807) is 56.3 Å². The molecule has 99 heavy (non-hydrogen) atoms. The fourth-order valence-corrected chi connectivity index (χ4v) is 15.5. The molecule has 6 amide bonds. The van der Waals surface area contributed by atoms with Gasteiger partial charge in [0.15, 0.2) is 17.0 Å². The Labute approximate surface area is 581 Å². The largest absolute Gasteiger partial charge is 0.369 e. The minimum atomic E-state index is -0.596. The van der Waals surface area contributed by atoms with Crippen molar-refractivity contribution in [1.82, 2.24) is 24.4 Å². The zero-order chi connectivity index (χ0) is 69.3. The van der Waals surface area contributed by atoms with Gasteiger partial charge in [0.1, 0.15) is 0 Å². The monoisotopic (exact) mass is 1330 g/mol. The molecule has 17 heteroatoms. The average Bonchev–Trinajstić information content (AvgIpc) is 1.24. The zero-order valence-electron chi connectivity index (χ0n) is 58.7. The Balaban J connectivity index is 0.717. The summed E-state index contributed by atoms with van der Waals surface area (Å²) in [5.74, 6) is 4.09. The van der Waals surface area contributed by atoms with Gasteiger partial charge in [0, 0.05) is 111 Å². The second-order valence-electron chi connectivity index (χ2n) is 27.9. The smallest absolute Gasteiger partial charge is 0.280 e. The maximum absolute atomic E-state index is 15.0. The van der Waals surface area contributed by atoms with Crippen LogP contribution in [0, 0.1) is 25.7 Å². The second-order valence-corrected chi connectivity index (χ2v) is 27.9. The van der Waals surface area contributed by atoms with Gasteiger partial charge in [0.25, 0.3) is 41.0 Å². The first-order valence-corrected chi connectivity index (χ1v) is 37.0. The molecule has 0 radical (unpaired) electrons. The third kappa shape index (κ3) is 14.4. The molecule has 1 fully saturated rings. The predicted octanol–water partition coefficient (Wildman–Crippen LogP) is 17.1. The summed E-state index contributed by atoms with van der Waals surface area (Å²) in [5, 5.41) is 2.06. The number of amides is 6. The molecule has 6 aromatic carbocycles. The van der Waals surface area contributed by atoms with Gasteiger partial charge >= 0.3 is 0 Å². The zero-order valence-corrected chi connectivity index (χ0v) is 58.7. The van der Waals surface area contributed by atoms with Gasteiger partial charge in [-0.15, -0.1) is 0 Å². The molecule has 3 N–H and O–H groups in total. The van der Waals surface area contributed by atoms with Crippen LogP contribution in [0.15, 0.2) is 95.8 Å². The Morgan fingerprint density at radius 3 is 1.39 bits per heavy atom. The van der Waals surface area contributed by atoms with Gasteiger partial charge in [0.2, 0.25) is 5.95 Å². The van der Waals surface area contributed by atoms with Crippen LogP contribution < -0.4 is 30.9 Å². The fraction of sp³-hybridized carbons (Fsp3) is 0.451. The number of anilines is 5. The van der Waals surface area contributed by atoms with Crippen molar-refractivity contribution < 1.29 is 28.8 Å². The lowest BCUT2D eigenvalue weighted by atomic mass is 9.84. The molecule has 17 nitrogen and oxygen atoms in total. The number of nitrogen functional groups attached to an aromatic ring is 1. The third-order valence-electron chi connectivity index (χ3n) is 21.0. The molecular formula is C82H96N10O7. The number of piperazine rings is 1. The van der Waals surface area contributed by atoms with Crippen LogP contribution in [0.1, 0.15) is 272 Å². The highest BCUT2D eigenvalue weighted by atomic mass is 16.2. The standard InChI is InChI=1S/C82H96N10O7/c1-6-9-12-15-18-20-22-24-27-31-58(32-28-25-23-21-19-16-13-10-7-2)90-76(94)62-40-42-64-72-65(43-41-63(71(62)72)77(90)95)81(99)92(80(64)98)68-53-54(4)67(52-55(68)5)91-78(96)60-34-30-33-59-66(45-44-61(70(59)60)79(91)97)88-50-48-87(49-51-88)57-38-35-56(36-39-57)37-46-69-84-73-74(85-82(83)86-75(73)93)89(69)47-29-26-17-14-11-8-3/h30,33-36,38-45,52-53,58H,6-29,31-32,47-51H2,1-5H3,(H3,83,85,86,93). The van der Waals surface area contributed by atoms with Gasteiger partial charge < -0.3 is 20.1 Å². The van der Waals surface area contributed by atoms with E-state index in [9.17, 15) is 33.6 Å². The summed E-state index contributed by atoms with van der Waals surface area (Å²) in [4.78, 5) is 122. The Hall–Kier alpha value is -9.43. The van der Waals surface area contributed by atoms with Crippen molar-refractivity contribution in [2.24, 2.45) is 0 Å². The first kappa shape index (κ1) is 69.5. The first-order chi connectivity index (χ1) is 48.2. The molecule has 1 saturated heterocycles. The van der Waals surface area contributed by atoms with E-state index >= 15 is 0 Å². The molecule has 0 aliphatic carbocycles. The number of unbranched alkanes of at least 4 members (excludes halogenated alkanes) is 21. The summed E-state index contributed by atoms with van der Waals surface area (Å²) in [6.07, 6.45) is 29.4. The maximum Gasteiger partial charge on any atom is 0.280 e. The summed E-state index contributed by atoms with van der Waals surface area (Å²) in [7, 11) is 0. The summed E-state index contributed by atoms with van der Waals surface area (Å²) in [6, 6.07) is 27.2. The van der Waals surface area contributed by atoms with Gasteiger partial charge in [0.05, 0.1) is 11.4 Å². The van der Waals surface area contributed by atoms with Crippen molar-refractivity contribution in [2.75, 3.05) is 51.5 Å². The summed E-state index contributed by atoms with van der Waals surface area (Å²) >= 11 is 0. The number of rotatable bonds is 32. The maximum atomic E-state index is 15.0. The number of aromatic nitrogens is 4. The summed E-state index contributed by atoms with van der Waals surface area (Å²) in [5.41, 5.74) is 12.5. The van der Waals surface area contributed by atoms with Gasteiger partial charge in [-0.3, -0.25) is 43.4 Å². The van der Waals surface area contributed by atoms with E-state index in [-0.39, 0.29) is 46.0 Å². The van der Waals surface area contributed by atoms with E-state index in [1.807, 2.05) is 41.0 Å². The number of nitrogens with zero attached hydrogens (tertiary/aromatic N) is 8. The molecule has 4 aliphatic heterocycles. The molecule has 0 bridgehead atoms. The average molecular weight is 1330 g/mol. The number of carbonyl (C=O) groups is 6. The van der Waals surface area contributed by atoms with Crippen LogP contribution in [0.4, 0.5) is 28.7 Å². The van der Waals surface area contributed by atoms with Gasteiger partial charge in [-0.2, -0.15) is 4.98 Å². The molecular weight excluding hydrogens is 1240 g/mol. The highest BCUT2D eigenvalue weighted by molar-refractivity contribution is 6.40. The number of imide groups is 3. The van der Waals surface area contributed by atoms with Gasteiger partial charge in [-0.1, -0.05) is 187 Å². The van der Waals surface area contributed by atoms with Crippen molar-refractivity contribution in [3.05, 3.63) is 157 Å². The van der Waals surface area contributed by atoms with Crippen molar-refractivity contribution in [3.63, 3.8) is 0 Å². The molecule has 8 aromatic rings. The minimum absolute atomic E-state index is 0.0432. The van der Waals surface area contributed by atoms with Gasteiger partial charge in [-0.25, -0.2) is 14.8 Å². The lowest BCUT2D eigenvalue weighted by Crippen LogP contribution is -2.48. The molecule has 0 spiro atoms. The highest BCUT2D eigenvalue weighted by Gasteiger charge is 2.43. The second kappa shape index (κ2) is 31.6. The Morgan fingerprint density at radius 2 is 0.889 bits per heavy atom. The van der Waals surface area contributed by atoms with Crippen LogP contribution in [0.5, 0.6) is 0 Å². The van der Waals surface area contributed by atoms with Crippen LogP contribution >= 0.6 is 0 Å². The molecule has 0 saturated carbocycles. The summed E-state index contributed by atoms with van der Waals surface area (Å²) < 4.78 is 1.91. The van der Waals surface area contributed by atoms with Crippen LogP contribution in [0.3, 0.4) is 0 Å². The number of hydrogen-bond acceptors (Lipinski definition) is 12. The van der Waals surface area contributed by atoms with E-state index < -0.39 is 23.6 Å². The molecule has 4 aliphatic rings. The van der Waals surface area contributed by atoms with Crippen LogP contribution in [0.25, 0.3) is 32.7 Å². The number of aromatic amines is 1. The number of fused-ring (bicyclic) bond motifs is 1. The van der Waals surface area contributed by atoms with Crippen molar-refractivity contribution in [1.29, 1.82) is 0 Å². The number of aryl methyl sites for hydroxylation is 3. The number of hydrogen-bond donors (Lipinski definition) is 2. The number of nitrogens with one attached hydrogen (secondary N) is 1. The summed E-state index contributed by atoms with van der Waals surface area (Å²) in [6.45, 7) is 13.6. The normalized spacial score (nSPS) is 14.5. The number of benzene rings is 6. The van der Waals surface area contributed by atoms with E-state index in [0.29, 0.717) is 92.0 Å². The Morgan fingerprint density at radius 1 is 0.455 bits per heavy atom. The van der Waals surface area contributed by atoms with Crippen LogP contribution in [-0.2, 0) is 6.54 Å². The van der Waals surface area contributed by atoms with E-state index in [2.05, 4.69) is 69.5 Å². The van der Waals surface area contributed by atoms with E-state index in [4.69, 9.17) is 5.73 Å². The van der Waals surface area contributed by atoms with E-state index in [0.717, 1.165) is 111 Å². The van der Waals surface area contributed by atoms with Crippen molar-refractivity contribution in [2.45, 2.75) is 214 Å². The minimum Gasteiger partial charge on any atom is -0.369 e. The lowest BCUT2D eigenvalue weighted by molar-refractivity contribution is 0.0515. The third-order valence-corrected chi connectivity index (χ3v) is 21.0. The number of nitrogens with two attached hydrogens (primary N) is 1. The SMILES string of the molecule is CCCCCCCCCCCC(CCCCCCCCCCC)N1C(=O)c2ccc3c4c(ccc(c24)C1=O)C(=O)N(c1cc(C)c(N2C(=O)c4cccc5c(N6CCN(c7ccc(C#Cc8nc9c(=O)[nH]c(N)nc9n8CCCCCCCC)cc7)CC6)ccc(c45)C2=O)cc1C)C3=O. The van der Waals surface area contributed by atoms with Gasteiger partial charge in [-0.05, 0) is 129 Å². The molecule has 6 heterocycles. The lowest BCUT2D eigenvalue weighted by Gasteiger charge is -2.38. The topological polar surface area (TPSA) is 208 Å². The van der Waals surface area contributed by atoms with Crippen LogP contribution in [0.2, 0.25) is 0 Å². The van der Waals surface area contributed by atoms with E-state index in [1.165, 1.54) is 106 Å². The fourth-order valence-electron chi connectivity index (χ4n) is 15.5. The quantitative estimate of drug-likeness (QED) is 0.0229. The Kier molecular flexibility index (Phi) is 22.2. The van der Waals surface area contributed by atoms with Crippen molar-refractivity contribution in [3.8, 4) is 11.8 Å². The molecule has 2 aromatic heterocycles. The van der Waals surface area contributed by atoms with Crippen molar-refractivity contribution >= 4 is 96.8 Å². The number of H-pyrrole nitrogens is 1. The first-order valence-electron chi connectivity index (χ1n) is 37.0. The number of imidazole rings is 1. The number of carbonyl (C=O) groups excluding carboxylic acids is 6. The predicted molar refractivity (Wildman–Crippen MR) is 397 cm³/mol. The molecule has 516 valence electrons. The Bertz CT molecular complexity index is 4390. The van der Waals surface area contributed by atoms with Crippen LogP contribution in [-0.4, -0.2) is 92.1 Å². The molecule has 0 unspecified atom stereocenters. The highest BCUT2D eigenvalue weighted by Crippen LogP contribution is 2.44. The molecule has 12 rings (SSSR count).